The van der Waals surface area contributed by atoms with Gasteiger partial charge in [0, 0.05) is 19.3 Å². The molecule has 0 bridgehead atoms. The summed E-state index contributed by atoms with van der Waals surface area (Å²) in [5.41, 5.74) is 2.49. The van der Waals surface area contributed by atoms with E-state index in [2.05, 4.69) is 19.2 Å². The molecule has 0 amide bonds. The molecule has 1 fully saturated rings. The second-order valence-corrected chi connectivity index (χ2v) is 8.40. The molecule has 2 aliphatic carbocycles. The van der Waals surface area contributed by atoms with Gasteiger partial charge < -0.3 is 20.1 Å². The number of hydrogen-bond donors (Lipinski definition) is 3. The molecule has 0 spiro atoms. The molecule has 2 rings (SSSR count). The van der Waals surface area contributed by atoms with Gasteiger partial charge >= 0.3 is 5.97 Å². The van der Waals surface area contributed by atoms with Gasteiger partial charge in [-0.1, -0.05) is 37.3 Å². The number of carbonyl (C=O) groups is 1. The second-order valence-electron chi connectivity index (χ2n) is 8.40. The summed E-state index contributed by atoms with van der Waals surface area (Å²) < 4.78 is 5.51. The number of rotatable bonds is 6. The summed E-state index contributed by atoms with van der Waals surface area (Å²) in [4.78, 5) is 11.6. The molecular weight excluding hydrogens is 344 g/mol. The van der Waals surface area contributed by atoms with Crippen LogP contribution >= 0.6 is 0 Å². The van der Waals surface area contributed by atoms with Crippen LogP contribution in [0.2, 0.25) is 0 Å². The van der Waals surface area contributed by atoms with Crippen molar-refractivity contribution in [2.24, 2.45) is 23.7 Å². The third-order valence-corrected chi connectivity index (χ3v) is 6.46. The van der Waals surface area contributed by atoms with E-state index in [1.165, 1.54) is 6.92 Å². The Morgan fingerprint density at radius 2 is 2.00 bits per heavy atom. The molecule has 0 aromatic carbocycles. The van der Waals surface area contributed by atoms with Crippen LogP contribution in [0.5, 0.6) is 0 Å². The van der Waals surface area contributed by atoms with Crippen LogP contribution in [-0.2, 0) is 9.53 Å². The Balaban J connectivity index is 2.30. The highest BCUT2D eigenvalue weighted by atomic mass is 16.5. The Kier molecular flexibility index (Phi) is 7.06. The first kappa shape index (κ1) is 21.9. The van der Waals surface area contributed by atoms with Crippen LogP contribution in [0.25, 0.3) is 0 Å². The fourth-order valence-corrected chi connectivity index (χ4v) is 4.67. The van der Waals surface area contributed by atoms with Crippen LogP contribution in [0.15, 0.2) is 36.0 Å². The van der Waals surface area contributed by atoms with Gasteiger partial charge in [0.1, 0.15) is 6.10 Å². The SMILES string of the molecule is C=C(C)C(O)CC(OC(C)=O)C(C)C1CC(O)C(=C)C2CC=C(C)C2C1O. The molecule has 27 heavy (non-hydrogen) atoms. The van der Waals surface area contributed by atoms with E-state index in [0.717, 1.165) is 17.6 Å². The van der Waals surface area contributed by atoms with Crippen molar-refractivity contribution in [1.29, 1.82) is 0 Å². The lowest BCUT2D eigenvalue weighted by molar-refractivity contribution is -0.153. The fourth-order valence-electron chi connectivity index (χ4n) is 4.67. The zero-order chi connectivity index (χ0) is 20.5. The van der Waals surface area contributed by atoms with E-state index in [-0.39, 0.29) is 30.1 Å². The summed E-state index contributed by atoms with van der Waals surface area (Å²) in [6.45, 7) is 14.8. The number of carbonyl (C=O) groups excluding carboxylic acids is 1. The number of hydrogen-bond acceptors (Lipinski definition) is 5. The van der Waals surface area contributed by atoms with Crippen LogP contribution in [0.1, 0.15) is 47.0 Å². The van der Waals surface area contributed by atoms with Gasteiger partial charge in [-0.2, -0.15) is 0 Å². The Morgan fingerprint density at radius 3 is 2.56 bits per heavy atom. The van der Waals surface area contributed by atoms with E-state index in [4.69, 9.17) is 4.74 Å². The average Bonchev–Trinajstić information content (AvgIpc) is 2.93. The molecule has 8 unspecified atom stereocenters. The van der Waals surface area contributed by atoms with Gasteiger partial charge in [0.2, 0.25) is 0 Å². The summed E-state index contributed by atoms with van der Waals surface area (Å²) in [7, 11) is 0. The number of fused-ring (bicyclic) bond motifs is 1. The van der Waals surface area contributed by atoms with E-state index >= 15 is 0 Å². The molecule has 0 aromatic rings. The smallest absolute Gasteiger partial charge is 0.302 e. The van der Waals surface area contributed by atoms with Gasteiger partial charge in [-0.25, -0.2) is 0 Å². The van der Waals surface area contributed by atoms with Crippen LogP contribution in [0.4, 0.5) is 0 Å². The lowest BCUT2D eigenvalue weighted by Gasteiger charge is -2.36. The zero-order valence-corrected chi connectivity index (χ0v) is 16.9. The van der Waals surface area contributed by atoms with Crippen LogP contribution < -0.4 is 0 Å². The minimum absolute atomic E-state index is 0.0420. The predicted molar refractivity (Wildman–Crippen MR) is 105 cm³/mol. The number of ether oxygens (including phenoxy) is 1. The topological polar surface area (TPSA) is 87.0 Å². The van der Waals surface area contributed by atoms with Gasteiger partial charge in [0.15, 0.2) is 0 Å². The molecule has 1 saturated carbocycles. The molecule has 0 radical (unpaired) electrons. The fraction of sp³-hybridized carbons (Fsp3) is 0.682. The number of aliphatic hydroxyl groups is 3. The lowest BCUT2D eigenvalue weighted by Crippen LogP contribution is -2.41. The van der Waals surface area contributed by atoms with Crippen LogP contribution in [0, 0.1) is 23.7 Å². The summed E-state index contributed by atoms with van der Waals surface area (Å²) in [5, 5.41) is 32.1. The Hall–Kier alpha value is -1.43. The average molecular weight is 379 g/mol. The molecule has 8 atom stereocenters. The molecule has 0 aliphatic heterocycles. The minimum Gasteiger partial charge on any atom is -0.462 e. The highest BCUT2D eigenvalue weighted by Crippen LogP contribution is 2.47. The molecule has 152 valence electrons. The summed E-state index contributed by atoms with van der Waals surface area (Å²) in [6, 6.07) is 0. The zero-order valence-electron chi connectivity index (χ0n) is 16.9. The first-order valence-corrected chi connectivity index (χ1v) is 9.76. The lowest BCUT2D eigenvalue weighted by atomic mass is 9.75. The maximum atomic E-state index is 11.6. The molecule has 2 aliphatic rings. The Bertz CT molecular complexity index is 622. The Labute approximate surface area is 162 Å². The minimum atomic E-state index is -0.791. The summed E-state index contributed by atoms with van der Waals surface area (Å²) in [5.74, 6) is -0.988. The number of allylic oxidation sites excluding steroid dienone is 1. The number of aliphatic hydroxyl groups excluding tert-OH is 3. The molecule has 0 heterocycles. The second kappa shape index (κ2) is 8.72. The highest BCUT2D eigenvalue weighted by molar-refractivity contribution is 5.66. The maximum absolute atomic E-state index is 11.6. The van der Waals surface area contributed by atoms with E-state index in [9.17, 15) is 20.1 Å². The summed E-state index contributed by atoms with van der Waals surface area (Å²) in [6.07, 6.45) is 0.742. The van der Waals surface area contributed by atoms with Crippen molar-refractivity contribution in [3.05, 3.63) is 36.0 Å². The van der Waals surface area contributed by atoms with Crippen molar-refractivity contribution in [2.75, 3.05) is 0 Å². The van der Waals surface area contributed by atoms with Crippen molar-refractivity contribution in [1.82, 2.24) is 0 Å². The van der Waals surface area contributed by atoms with Gasteiger partial charge in [0.25, 0.3) is 0 Å². The van der Waals surface area contributed by atoms with E-state index < -0.39 is 30.4 Å². The molecule has 0 saturated heterocycles. The van der Waals surface area contributed by atoms with Gasteiger partial charge in [-0.3, -0.25) is 4.79 Å². The normalized spacial score (nSPS) is 34.1. The monoisotopic (exact) mass is 378 g/mol. The molecule has 5 heteroatoms. The van der Waals surface area contributed by atoms with Crippen LogP contribution in [0.3, 0.4) is 0 Å². The Morgan fingerprint density at radius 1 is 1.37 bits per heavy atom. The van der Waals surface area contributed by atoms with E-state index in [1.54, 1.807) is 6.92 Å². The van der Waals surface area contributed by atoms with Crippen molar-refractivity contribution in [3.63, 3.8) is 0 Å². The first-order valence-electron chi connectivity index (χ1n) is 9.76. The largest absolute Gasteiger partial charge is 0.462 e. The third kappa shape index (κ3) is 4.71. The molecular formula is C22H34O5. The van der Waals surface area contributed by atoms with Gasteiger partial charge in [-0.15, -0.1) is 0 Å². The van der Waals surface area contributed by atoms with Crippen molar-refractivity contribution in [2.45, 2.75) is 71.4 Å². The predicted octanol–water partition coefficient (Wildman–Crippen LogP) is 2.76. The van der Waals surface area contributed by atoms with Gasteiger partial charge in [0.05, 0.1) is 18.3 Å². The highest BCUT2D eigenvalue weighted by Gasteiger charge is 2.46. The summed E-state index contributed by atoms with van der Waals surface area (Å²) >= 11 is 0. The van der Waals surface area contributed by atoms with Gasteiger partial charge in [-0.05, 0) is 50.0 Å². The molecule has 0 aromatic heterocycles. The van der Waals surface area contributed by atoms with Crippen LogP contribution in [-0.4, -0.2) is 45.7 Å². The molecule has 3 N–H and O–H groups in total. The first-order chi connectivity index (χ1) is 12.5. The van der Waals surface area contributed by atoms with E-state index in [0.29, 0.717) is 12.0 Å². The number of esters is 1. The van der Waals surface area contributed by atoms with E-state index in [1.807, 2.05) is 13.8 Å². The standard InChI is InChI=1S/C22H34O5/c1-11(2)18(24)10-20(27-15(6)23)14(5)17-9-19(25)13(4)16-8-7-12(3)21(16)22(17)26/h7,14,16-22,24-26H,1,4,8-10H2,2-3,5-6H3. The third-order valence-electron chi connectivity index (χ3n) is 6.46. The van der Waals surface area contributed by atoms with Crippen molar-refractivity contribution < 1.29 is 24.9 Å². The maximum Gasteiger partial charge on any atom is 0.302 e. The van der Waals surface area contributed by atoms with Crippen molar-refractivity contribution >= 4 is 5.97 Å². The quantitative estimate of drug-likeness (QED) is 0.489. The van der Waals surface area contributed by atoms with Crippen molar-refractivity contribution in [3.8, 4) is 0 Å². The molecule has 5 nitrogen and oxygen atoms in total.